The first-order valence-corrected chi connectivity index (χ1v) is 7.58. The quantitative estimate of drug-likeness (QED) is 0.847. The van der Waals surface area contributed by atoms with Crippen LogP contribution < -0.4 is 5.32 Å². The SMILES string of the molecule is COC(=O)N1CCN(Cc2cc3n(n2)CCCNC3)CC1. The van der Waals surface area contributed by atoms with Crippen LogP contribution in [0.5, 0.6) is 0 Å². The molecule has 0 radical (unpaired) electrons. The van der Waals surface area contributed by atoms with Crippen molar-refractivity contribution in [1.82, 2.24) is 24.9 Å². The number of amides is 1. The minimum Gasteiger partial charge on any atom is -0.453 e. The number of nitrogens with one attached hydrogen (secondary N) is 1. The predicted octanol–water partition coefficient (Wildman–Crippen LogP) is 0.260. The first kappa shape index (κ1) is 14.3. The van der Waals surface area contributed by atoms with Gasteiger partial charge in [0, 0.05) is 45.8 Å². The molecular weight excluding hydrogens is 270 g/mol. The van der Waals surface area contributed by atoms with Gasteiger partial charge in [-0.3, -0.25) is 9.58 Å². The molecule has 1 saturated heterocycles. The number of nitrogens with zero attached hydrogens (tertiary/aromatic N) is 4. The molecule has 2 aliphatic heterocycles. The summed E-state index contributed by atoms with van der Waals surface area (Å²) in [5, 5.41) is 8.12. The molecule has 3 heterocycles. The van der Waals surface area contributed by atoms with Crippen LogP contribution in [0.1, 0.15) is 17.8 Å². The molecule has 0 aliphatic carbocycles. The highest BCUT2D eigenvalue weighted by Gasteiger charge is 2.22. The first-order valence-electron chi connectivity index (χ1n) is 7.58. The summed E-state index contributed by atoms with van der Waals surface area (Å²) in [6.45, 7) is 7.01. The lowest BCUT2D eigenvalue weighted by molar-refractivity contribution is 0.0884. The van der Waals surface area contributed by atoms with Crippen molar-refractivity contribution in [2.24, 2.45) is 0 Å². The molecule has 7 heteroatoms. The highest BCUT2D eigenvalue weighted by Crippen LogP contribution is 2.12. The minimum atomic E-state index is -0.227. The summed E-state index contributed by atoms with van der Waals surface area (Å²) in [5.41, 5.74) is 2.40. The number of carbonyl (C=O) groups is 1. The van der Waals surface area contributed by atoms with Gasteiger partial charge in [0.25, 0.3) is 0 Å². The van der Waals surface area contributed by atoms with E-state index in [0.29, 0.717) is 0 Å². The van der Waals surface area contributed by atoms with Crippen LogP contribution in [-0.2, 0) is 24.4 Å². The van der Waals surface area contributed by atoms with Crippen molar-refractivity contribution in [3.8, 4) is 0 Å². The molecule has 1 N–H and O–H groups in total. The molecule has 1 aromatic rings. The topological polar surface area (TPSA) is 62.6 Å². The first-order chi connectivity index (χ1) is 10.3. The van der Waals surface area contributed by atoms with Crippen LogP contribution in [0.4, 0.5) is 4.79 Å². The lowest BCUT2D eigenvalue weighted by Gasteiger charge is -2.33. The van der Waals surface area contributed by atoms with Gasteiger partial charge in [-0.25, -0.2) is 4.79 Å². The number of aromatic nitrogens is 2. The number of aryl methyl sites for hydroxylation is 1. The van der Waals surface area contributed by atoms with Crippen molar-refractivity contribution >= 4 is 6.09 Å². The van der Waals surface area contributed by atoms with E-state index in [1.807, 2.05) is 0 Å². The van der Waals surface area contributed by atoms with Gasteiger partial charge in [-0.05, 0) is 19.0 Å². The van der Waals surface area contributed by atoms with Gasteiger partial charge in [-0.15, -0.1) is 0 Å². The Morgan fingerprint density at radius 1 is 1.33 bits per heavy atom. The summed E-state index contributed by atoms with van der Waals surface area (Å²) < 4.78 is 6.88. The van der Waals surface area contributed by atoms with Gasteiger partial charge < -0.3 is 15.0 Å². The van der Waals surface area contributed by atoms with Crippen molar-refractivity contribution in [3.63, 3.8) is 0 Å². The van der Waals surface area contributed by atoms with Crippen LogP contribution in [0.3, 0.4) is 0 Å². The molecule has 0 bridgehead atoms. The molecule has 0 unspecified atom stereocenters. The van der Waals surface area contributed by atoms with Gasteiger partial charge >= 0.3 is 6.09 Å². The second-order valence-corrected chi connectivity index (χ2v) is 5.61. The fraction of sp³-hybridized carbons (Fsp3) is 0.714. The van der Waals surface area contributed by atoms with Gasteiger partial charge in [0.05, 0.1) is 18.5 Å². The van der Waals surface area contributed by atoms with Crippen LogP contribution >= 0.6 is 0 Å². The van der Waals surface area contributed by atoms with Crippen molar-refractivity contribution < 1.29 is 9.53 Å². The molecule has 21 heavy (non-hydrogen) atoms. The average Bonchev–Trinajstić information content (AvgIpc) is 2.76. The van der Waals surface area contributed by atoms with E-state index >= 15 is 0 Å². The lowest BCUT2D eigenvalue weighted by Crippen LogP contribution is -2.48. The van der Waals surface area contributed by atoms with Gasteiger partial charge in [-0.1, -0.05) is 0 Å². The van der Waals surface area contributed by atoms with E-state index in [1.165, 1.54) is 12.8 Å². The Kier molecular flexibility index (Phi) is 4.40. The van der Waals surface area contributed by atoms with Gasteiger partial charge in [0.1, 0.15) is 0 Å². The molecule has 3 rings (SSSR count). The Bertz CT molecular complexity index is 470. The zero-order valence-corrected chi connectivity index (χ0v) is 12.5. The third kappa shape index (κ3) is 3.36. The summed E-state index contributed by atoms with van der Waals surface area (Å²) in [7, 11) is 1.43. The highest BCUT2D eigenvalue weighted by atomic mass is 16.5. The Morgan fingerprint density at radius 3 is 2.90 bits per heavy atom. The summed E-state index contributed by atoms with van der Waals surface area (Å²) in [5.74, 6) is 0. The van der Waals surface area contributed by atoms with Crippen LogP contribution in [0.15, 0.2) is 6.07 Å². The summed E-state index contributed by atoms with van der Waals surface area (Å²) in [6, 6.07) is 2.20. The molecule has 1 aromatic heterocycles. The van der Waals surface area contributed by atoms with E-state index in [4.69, 9.17) is 9.84 Å². The summed E-state index contributed by atoms with van der Waals surface area (Å²) in [6.07, 6.45) is 0.903. The number of hydrogen-bond acceptors (Lipinski definition) is 5. The zero-order valence-electron chi connectivity index (χ0n) is 12.5. The minimum absolute atomic E-state index is 0.227. The molecule has 1 amide bonds. The predicted molar refractivity (Wildman–Crippen MR) is 77.8 cm³/mol. The zero-order chi connectivity index (χ0) is 14.7. The normalized spacial score (nSPS) is 20.0. The smallest absolute Gasteiger partial charge is 0.409 e. The molecule has 7 nitrogen and oxygen atoms in total. The molecule has 0 spiro atoms. The van der Waals surface area contributed by atoms with E-state index in [-0.39, 0.29) is 6.09 Å². The highest BCUT2D eigenvalue weighted by molar-refractivity contribution is 5.67. The van der Waals surface area contributed by atoms with Crippen molar-refractivity contribution in [2.45, 2.75) is 26.1 Å². The molecular formula is C14H23N5O2. The Morgan fingerprint density at radius 2 is 2.14 bits per heavy atom. The number of rotatable bonds is 2. The number of hydrogen-bond donors (Lipinski definition) is 1. The van der Waals surface area contributed by atoms with Gasteiger partial charge in [-0.2, -0.15) is 5.10 Å². The number of ether oxygens (including phenoxy) is 1. The second kappa shape index (κ2) is 6.44. The van der Waals surface area contributed by atoms with Crippen molar-refractivity contribution in [2.75, 3.05) is 39.8 Å². The standard InChI is InChI=1S/C14H23N5O2/c1-21-14(20)18-7-5-17(6-8-18)11-12-9-13-10-15-3-2-4-19(13)16-12/h9,15H,2-8,10-11H2,1H3. The molecule has 1 fully saturated rings. The molecule has 0 saturated carbocycles. The largest absolute Gasteiger partial charge is 0.453 e. The maximum absolute atomic E-state index is 11.5. The second-order valence-electron chi connectivity index (χ2n) is 5.61. The average molecular weight is 293 g/mol. The van der Waals surface area contributed by atoms with E-state index < -0.39 is 0 Å². The van der Waals surface area contributed by atoms with E-state index in [1.54, 1.807) is 4.90 Å². The third-order valence-electron chi connectivity index (χ3n) is 4.13. The Balaban J connectivity index is 1.55. The number of fused-ring (bicyclic) bond motifs is 1. The summed E-state index contributed by atoms with van der Waals surface area (Å²) >= 11 is 0. The van der Waals surface area contributed by atoms with Crippen molar-refractivity contribution in [3.05, 3.63) is 17.5 Å². The van der Waals surface area contributed by atoms with Gasteiger partial charge in [0.2, 0.25) is 0 Å². The molecule has 2 aliphatic rings. The maximum atomic E-state index is 11.5. The fourth-order valence-corrected chi connectivity index (χ4v) is 2.95. The van der Waals surface area contributed by atoms with Crippen LogP contribution in [0, 0.1) is 0 Å². The summed E-state index contributed by atoms with van der Waals surface area (Å²) in [4.78, 5) is 15.6. The van der Waals surface area contributed by atoms with Crippen molar-refractivity contribution in [1.29, 1.82) is 0 Å². The molecule has 116 valence electrons. The van der Waals surface area contributed by atoms with E-state index in [9.17, 15) is 4.79 Å². The monoisotopic (exact) mass is 293 g/mol. The molecule has 0 aromatic carbocycles. The van der Waals surface area contributed by atoms with Crippen LogP contribution in [0.25, 0.3) is 0 Å². The number of methoxy groups -OCH3 is 1. The van der Waals surface area contributed by atoms with E-state index in [0.717, 1.165) is 64.5 Å². The Hall–Kier alpha value is -1.60. The maximum Gasteiger partial charge on any atom is 0.409 e. The third-order valence-corrected chi connectivity index (χ3v) is 4.13. The fourth-order valence-electron chi connectivity index (χ4n) is 2.95. The van der Waals surface area contributed by atoms with Crippen LogP contribution in [0.2, 0.25) is 0 Å². The molecule has 0 atom stereocenters. The van der Waals surface area contributed by atoms with E-state index in [2.05, 4.69) is 21.0 Å². The van der Waals surface area contributed by atoms with Crippen LogP contribution in [-0.4, -0.2) is 65.5 Å². The lowest BCUT2D eigenvalue weighted by atomic mass is 10.3. The number of carbonyl (C=O) groups excluding carboxylic acids is 1. The van der Waals surface area contributed by atoms with Gasteiger partial charge in [0.15, 0.2) is 0 Å². The number of piperazine rings is 1. The Labute approximate surface area is 124 Å².